The first-order valence-electron chi connectivity index (χ1n) is 8.12. The van der Waals surface area contributed by atoms with Crippen LogP contribution in [0.2, 0.25) is 0 Å². The van der Waals surface area contributed by atoms with E-state index in [0.29, 0.717) is 5.56 Å². The Morgan fingerprint density at radius 3 is 1.52 bits per heavy atom. The summed E-state index contributed by atoms with van der Waals surface area (Å²) in [6, 6.07) is 26.8. The van der Waals surface area contributed by atoms with Gasteiger partial charge in [0.2, 0.25) is 5.60 Å². The molecule has 0 saturated carbocycles. The molecule has 1 heteroatoms. The molecule has 3 rings (SSSR count). The van der Waals surface area contributed by atoms with Crippen LogP contribution in [0.15, 0.2) is 84.9 Å². The molecule has 0 aliphatic carbocycles. The molecule has 0 aliphatic rings. The predicted octanol–water partition coefficient (Wildman–Crippen LogP) is 4.29. The minimum absolute atomic E-state index is 0.671. The monoisotopic (exact) mass is 322 g/mol. The van der Waals surface area contributed by atoms with Crippen molar-refractivity contribution in [2.75, 3.05) is 0 Å². The van der Waals surface area contributed by atoms with Gasteiger partial charge in [0.15, 0.2) is 0 Å². The Hall–Kier alpha value is -3.26. The lowest BCUT2D eigenvalue weighted by Gasteiger charge is -2.16. The zero-order valence-corrected chi connectivity index (χ0v) is 14.0. The van der Waals surface area contributed by atoms with E-state index in [1.54, 1.807) is 0 Å². The molecular formula is C24H18O. The van der Waals surface area contributed by atoms with Crippen molar-refractivity contribution in [3.05, 3.63) is 107 Å². The van der Waals surface area contributed by atoms with E-state index in [2.05, 4.69) is 23.7 Å². The molecule has 0 aromatic heterocycles. The maximum absolute atomic E-state index is 11.1. The van der Waals surface area contributed by atoms with Crippen molar-refractivity contribution in [3.8, 4) is 23.7 Å². The molecular weight excluding hydrogens is 304 g/mol. The van der Waals surface area contributed by atoms with E-state index in [0.717, 1.165) is 16.7 Å². The summed E-state index contributed by atoms with van der Waals surface area (Å²) in [5.74, 6) is 12.0. The second-order valence-electron chi connectivity index (χ2n) is 5.81. The third-order valence-corrected chi connectivity index (χ3v) is 3.79. The van der Waals surface area contributed by atoms with E-state index in [-0.39, 0.29) is 0 Å². The second kappa shape index (κ2) is 7.54. The summed E-state index contributed by atoms with van der Waals surface area (Å²) in [5, 5.41) is 11.1. The van der Waals surface area contributed by atoms with Crippen LogP contribution < -0.4 is 0 Å². The predicted molar refractivity (Wildman–Crippen MR) is 102 cm³/mol. The van der Waals surface area contributed by atoms with Gasteiger partial charge in [0, 0.05) is 16.7 Å². The van der Waals surface area contributed by atoms with Crippen molar-refractivity contribution >= 4 is 0 Å². The van der Waals surface area contributed by atoms with Crippen LogP contribution in [0.4, 0.5) is 0 Å². The summed E-state index contributed by atoms with van der Waals surface area (Å²) >= 11 is 0. The van der Waals surface area contributed by atoms with Crippen molar-refractivity contribution in [1.29, 1.82) is 0 Å². The first-order chi connectivity index (χ1) is 12.2. The number of hydrogen-bond donors (Lipinski definition) is 1. The zero-order valence-electron chi connectivity index (χ0n) is 14.0. The van der Waals surface area contributed by atoms with E-state index in [4.69, 9.17) is 0 Å². The van der Waals surface area contributed by atoms with Crippen LogP contribution in [0.3, 0.4) is 0 Å². The highest BCUT2D eigenvalue weighted by atomic mass is 16.3. The molecule has 0 bridgehead atoms. The molecule has 3 aromatic rings. The molecule has 0 unspecified atom stereocenters. The van der Waals surface area contributed by atoms with Crippen molar-refractivity contribution in [3.63, 3.8) is 0 Å². The number of rotatable bonds is 1. The summed E-state index contributed by atoms with van der Waals surface area (Å²) in [6.07, 6.45) is 0. The van der Waals surface area contributed by atoms with E-state index >= 15 is 0 Å². The van der Waals surface area contributed by atoms with Gasteiger partial charge in [-0.05, 0) is 43.0 Å². The minimum atomic E-state index is -1.53. The number of benzene rings is 3. The molecule has 0 aliphatic heterocycles. The maximum Gasteiger partial charge on any atom is 0.214 e. The van der Waals surface area contributed by atoms with Crippen LogP contribution >= 0.6 is 0 Å². The van der Waals surface area contributed by atoms with Gasteiger partial charge in [-0.1, -0.05) is 78.1 Å². The van der Waals surface area contributed by atoms with E-state index in [9.17, 15) is 5.11 Å². The number of hydrogen-bond acceptors (Lipinski definition) is 1. The summed E-state index contributed by atoms with van der Waals surface area (Å²) in [4.78, 5) is 0. The van der Waals surface area contributed by atoms with Gasteiger partial charge < -0.3 is 5.11 Å². The molecule has 0 radical (unpaired) electrons. The molecule has 25 heavy (non-hydrogen) atoms. The average molecular weight is 322 g/mol. The van der Waals surface area contributed by atoms with Crippen molar-refractivity contribution in [2.24, 2.45) is 0 Å². The zero-order chi connectivity index (χ0) is 17.5. The standard InChI is InChI=1S/C24H18O/c1-20-12-14-23(15-13-20)24(25,18-16-21-8-4-2-5-9-21)19-17-22-10-6-3-7-11-22/h2-15,25H,1H3. The summed E-state index contributed by atoms with van der Waals surface area (Å²) < 4.78 is 0. The molecule has 1 N–H and O–H groups in total. The fraction of sp³-hybridized carbons (Fsp3) is 0.0833. The quantitative estimate of drug-likeness (QED) is 0.663. The highest BCUT2D eigenvalue weighted by Crippen LogP contribution is 2.21. The Morgan fingerprint density at radius 2 is 1.08 bits per heavy atom. The molecule has 3 aromatic carbocycles. The lowest BCUT2D eigenvalue weighted by molar-refractivity contribution is 0.164. The van der Waals surface area contributed by atoms with Crippen LogP contribution in [0.5, 0.6) is 0 Å². The molecule has 0 spiro atoms. The third-order valence-electron chi connectivity index (χ3n) is 3.79. The first-order valence-corrected chi connectivity index (χ1v) is 8.12. The molecule has 0 saturated heterocycles. The lowest BCUT2D eigenvalue weighted by atomic mass is 9.93. The molecule has 0 atom stereocenters. The Labute approximate surface area is 149 Å². The normalized spacial score (nSPS) is 10.2. The van der Waals surface area contributed by atoms with E-state index in [1.165, 1.54) is 0 Å². The number of aryl methyl sites for hydroxylation is 1. The van der Waals surface area contributed by atoms with Gasteiger partial charge >= 0.3 is 0 Å². The Balaban J connectivity index is 2.04. The Morgan fingerprint density at radius 1 is 0.640 bits per heavy atom. The van der Waals surface area contributed by atoms with Gasteiger partial charge in [-0.15, -0.1) is 0 Å². The van der Waals surface area contributed by atoms with Gasteiger partial charge in [0.25, 0.3) is 0 Å². The topological polar surface area (TPSA) is 20.2 Å². The van der Waals surface area contributed by atoms with Gasteiger partial charge in [-0.2, -0.15) is 0 Å². The fourth-order valence-corrected chi connectivity index (χ4v) is 2.34. The van der Waals surface area contributed by atoms with E-state index < -0.39 is 5.60 Å². The lowest BCUT2D eigenvalue weighted by Crippen LogP contribution is -2.21. The van der Waals surface area contributed by atoms with Crippen LogP contribution in [0.1, 0.15) is 22.3 Å². The number of aliphatic hydroxyl groups is 1. The Kier molecular flexibility index (Phi) is 5.00. The molecule has 0 heterocycles. The first kappa shape index (κ1) is 16.6. The van der Waals surface area contributed by atoms with Crippen molar-refractivity contribution in [1.82, 2.24) is 0 Å². The van der Waals surface area contributed by atoms with Crippen molar-refractivity contribution in [2.45, 2.75) is 12.5 Å². The molecule has 120 valence electrons. The SMILES string of the molecule is Cc1ccc(C(O)(C#Cc2ccccc2)C#Cc2ccccc2)cc1. The third kappa shape index (κ3) is 4.39. The summed E-state index contributed by atoms with van der Waals surface area (Å²) in [5.41, 5.74) is 1.95. The molecule has 0 amide bonds. The van der Waals surface area contributed by atoms with Gasteiger partial charge in [-0.25, -0.2) is 0 Å². The molecule has 1 nitrogen and oxygen atoms in total. The van der Waals surface area contributed by atoms with E-state index in [1.807, 2.05) is 91.9 Å². The van der Waals surface area contributed by atoms with Crippen LogP contribution in [-0.4, -0.2) is 5.11 Å². The highest BCUT2D eigenvalue weighted by molar-refractivity contribution is 5.48. The Bertz CT molecular complexity index is 890. The highest BCUT2D eigenvalue weighted by Gasteiger charge is 2.24. The van der Waals surface area contributed by atoms with Crippen LogP contribution in [-0.2, 0) is 5.60 Å². The van der Waals surface area contributed by atoms with Gasteiger partial charge in [0.1, 0.15) is 0 Å². The smallest absolute Gasteiger partial charge is 0.214 e. The van der Waals surface area contributed by atoms with Crippen LogP contribution in [0.25, 0.3) is 0 Å². The average Bonchev–Trinajstić information content (AvgIpc) is 2.67. The second-order valence-corrected chi connectivity index (χ2v) is 5.81. The van der Waals surface area contributed by atoms with Crippen molar-refractivity contribution < 1.29 is 5.11 Å². The van der Waals surface area contributed by atoms with Gasteiger partial charge in [-0.3, -0.25) is 0 Å². The molecule has 0 fully saturated rings. The summed E-state index contributed by atoms with van der Waals surface area (Å²) in [6.45, 7) is 2.01. The summed E-state index contributed by atoms with van der Waals surface area (Å²) in [7, 11) is 0. The fourth-order valence-electron chi connectivity index (χ4n) is 2.34. The largest absolute Gasteiger partial charge is 0.363 e. The maximum atomic E-state index is 11.1. The van der Waals surface area contributed by atoms with Crippen LogP contribution in [0, 0.1) is 30.6 Å². The van der Waals surface area contributed by atoms with Gasteiger partial charge in [0.05, 0.1) is 0 Å². The minimum Gasteiger partial charge on any atom is -0.363 e.